The van der Waals surface area contributed by atoms with Crippen molar-refractivity contribution in [3.05, 3.63) is 29.3 Å². The topological polar surface area (TPSA) is 57.6 Å². The molecule has 0 aromatic heterocycles. The summed E-state index contributed by atoms with van der Waals surface area (Å²) in [6, 6.07) is 5.00. The van der Waals surface area contributed by atoms with Crippen LogP contribution in [0.1, 0.15) is 18.1 Å². The number of sulfonamides is 1. The molecule has 5 heteroatoms. The molecule has 0 aliphatic rings. The van der Waals surface area contributed by atoms with E-state index in [0.29, 0.717) is 12.1 Å². The quantitative estimate of drug-likeness (QED) is 0.831. The van der Waals surface area contributed by atoms with Crippen LogP contribution in [0.15, 0.2) is 23.1 Å². The fraction of sp³-hybridized carbons (Fsp3) is 0.385. The minimum atomic E-state index is -3.52. The average molecular weight is 267 g/mol. The van der Waals surface area contributed by atoms with Crippen molar-refractivity contribution >= 4 is 10.0 Å². The second kappa shape index (κ2) is 6.01. The molecule has 0 atom stereocenters. The molecular weight excluding hydrogens is 250 g/mol. The van der Waals surface area contributed by atoms with Gasteiger partial charge in [0.25, 0.3) is 0 Å². The first-order valence-corrected chi connectivity index (χ1v) is 7.04. The summed E-state index contributed by atoms with van der Waals surface area (Å²) in [6.07, 6.45) is 0. The Morgan fingerprint density at radius 2 is 2.06 bits per heavy atom. The van der Waals surface area contributed by atoms with Crippen LogP contribution in [0.2, 0.25) is 0 Å². The standard InChI is InChI=1S/C13H17NO3S/c1-4-14(3)18(16,17)13-8-7-11(2)10-12(13)6-5-9-15/h7-8,10,15H,4,9H2,1-3H3. The van der Waals surface area contributed by atoms with Gasteiger partial charge in [0.05, 0.1) is 4.90 Å². The Morgan fingerprint density at radius 1 is 1.39 bits per heavy atom. The summed E-state index contributed by atoms with van der Waals surface area (Å²) >= 11 is 0. The largest absolute Gasteiger partial charge is 0.384 e. The molecule has 0 saturated carbocycles. The third kappa shape index (κ3) is 3.10. The number of nitrogens with zero attached hydrogens (tertiary/aromatic N) is 1. The lowest BCUT2D eigenvalue weighted by atomic mass is 10.1. The molecular formula is C13H17NO3S. The number of hydrogen-bond acceptors (Lipinski definition) is 3. The Morgan fingerprint density at radius 3 is 2.61 bits per heavy atom. The zero-order chi connectivity index (χ0) is 13.8. The van der Waals surface area contributed by atoms with Crippen LogP contribution in [-0.2, 0) is 10.0 Å². The van der Waals surface area contributed by atoms with E-state index in [0.717, 1.165) is 5.56 Å². The predicted octanol–water partition coefficient (Wildman–Crippen LogP) is 0.979. The Labute approximate surface area is 108 Å². The van der Waals surface area contributed by atoms with Crippen molar-refractivity contribution in [2.24, 2.45) is 0 Å². The molecule has 1 N–H and O–H groups in total. The number of hydrogen-bond donors (Lipinski definition) is 1. The Hall–Kier alpha value is -1.35. The van der Waals surface area contributed by atoms with Crippen molar-refractivity contribution in [2.75, 3.05) is 20.2 Å². The SMILES string of the molecule is CCN(C)S(=O)(=O)c1ccc(C)cc1C#CCO. The van der Waals surface area contributed by atoms with Crippen LogP contribution in [0.4, 0.5) is 0 Å². The van der Waals surface area contributed by atoms with Crippen LogP contribution >= 0.6 is 0 Å². The van der Waals surface area contributed by atoms with E-state index in [1.54, 1.807) is 25.1 Å². The van der Waals surface area contributed by atoms with Gasteiger partial charge in [-0.25, -0.2) is 12.7 Å². The summed E-state index contributed by atoms with van der Waals surface area (Å²) in [7, 11) is -1.99. The maximum absolute atomic E-state index is 12.3. The molecule has 4 nitrogen and oxygen atoms in total. The van der Waals surface area contributed by atoms with Gasteiger partial charge in [0.1, 0.15) is 6.61 Å². The lowest BCUT2D eigenvalue weighted by molar-refractivity contribution is 0.350. The maximum Gasteiger partial charge on any atom is 0.244 e. The Balaban J connectivity index is 3.41. The Kier molecular flexibility index (Phi) is 4.91. The highest BCUT2D eigenvalue weighted by Gasteiger charge is 2.22. The van der Waals surface area contributed by atoms with Crippen LogP contribution in [0.3, 0.4) is 0 Å². The zero-order valence-electron chi connectivity index (χ0n) is 10.8. The van der Waals surface area contributed by atoms with Gasteiger partial charge in [-0.2, -0.15) is 0 Å². The van der Waals surface area contributed by atoms with Crippen LogP contribution in [0.25, 0.3) is 0 Å². The fourth-order valence-electron chi connectivity index (χ4n) is 1.44. The second-order valence-electron chi connectivity index (χ2n) is 3.88. The van der Waals surface area contributed by atoms with E-state index < -0.39 is 10.0 Å². The van der Waals surface area contributed by atoms with Crippen molar-refractivity contribution in [3.8, 4) is 11.8 Å². The molecule has 0 unspecified atom stereocenters. The highest BCUT2D eigenvalue weighted by molar-refractivity contribution is 7.89. The van der Waals surface area contributed by atoms with Crippen molar-refractivity contribution in [3.63, 3.8) is 0 Å². The van der Waals surface area contributed by atoms with Gasteiger partial charge in [0.2, 0.25) is 10.0 Å². The van der Waals surface area contributed by atoms with Gasteiger partial charge in [-0.15, -0.1) is 0 Å². The Bertz CT molecular complexity index is 582. The zero-order valence-corrected chi connectivity index (χ0v) is 11.6. The lowest BCUT2D eigenvalue weighted by Gasteiger charge is -2.16. The fourth-order valence-corrected chi connectivity index (χ4v) is 2.74. The summed E-state index contributed by atoms with van der Waals surface area (Å²) in [4.78, 5) is 0.179. The summed E-state index contributed by atoms with van der Waals surface area (Å²) in [5, 5.41) is 8.71. The first-order valence-electron chi connectivity index (χ1n) is 5.60. The normalized spacial score (nSPS) is 11.2. The number of aliphatic hydroxyl groups excluding tert-OH is 1. The summed E-state index contributed by atoms with van der Waals surface area (Å²) in [6.45, 7) is 3.73. The lowest BCUT2D eigenvalue weighted by Crippen LogP contribution is -2.27. The van der Waals surface area contributed by atoms with E-state index in [1.165, 1.54) is 11.4 Å². The first kappa shape index (κ1) is 14.7. The number of aliphatic hydroxyl groups is 1. The molecule has 0 radical (unpaired) electrons. The van der Waals surface area contributed by atoms with Gasteiger partial charge in [-0.3, -0.25) is 0 Å². The van der Waals surface area contributed by atoms with E-state index in [1.807, 2.05) is 6.92 Å². The van der Waals surface area contributed by atoms with Crippen molar-refractivity contribution < 1.29 is 13.5 Å². The van der Waals surface area contributed by atoms with Crippen LogP contribution in [-0.4, -0.2) is 38.0 Å². The minimum absolute atomic E-state index is 0.179. The predicted molar refractivity (Wildman–Crippen MR) is 70.6 cm³/mol. The smallest absolute Gasteiger partial charge is 0.244 e. The summed E-state index contributed by atoms with van der Waals surface area (Å²) < 4.78 is 25.8. The van der Waals surface area contributed by atoms with Gasteiger partial charge < -0.3 is 5.11 Å². The highest BCUT2D eigenvalue weighted by Crippen LogP contribution is 2.20. The van der Waals surface area contributed by atoms with E-state index in [2.05, 4.69) is 11.8 Å². The molecule has 98 valence electrons. The van der Waals surface area contributed by atoms with Crippen LogP contribution < -0.4 is 0 Å². The minimum Gasteiger partial charge on any atom is -0.384 e. The first-order chi connectivity index (χ1) is 8.43. The second-order valence-corrected chi connectivity index (χ2v) is 5.89. The van der Waals surface area contributed by atoms with Gasteiger partial charge >= 0.3 is 0 Å². The molecule has 0 spiro atoms. The third-order valence-electron chi connectivity index (χ3n) is 2.57. The molecule has 18 heavy (non-hydrogen) atoms. The van der Waals surface area contributed by atoms with E-state index in [-0.39, 0.29) is 11.5 Å². The van der Waals surface area contributed by atoms with E-state index >= 15 is 0 Å². The van der Waals surface area contributed by atoms with E-state index in [4.69, 9.17) is 5.11 Å². The van der Waals surface area contributed by atoms with Crippen molar-refractivity contribution in [2.45, 2.75) is 18.7 Å². The highest BCUT2D eigenvalue weighted by atomic mass is 32.2. The molecule has 0 saturated heterocycles. The number of aryl methyl sites for hydroxylation is 1. The van der Waals surface area contributed by atoms with Crippen LogP contribution in [0.5, 0.6) is 0 Å². The summed E-state index contributed by atoms with van der Waals surface area (Å²) in [5.74, 6) is 5.17. The van der Waals surface area contributed by atoms with Gasteiger partial charge in [-0.1, -0.05) is 24.8 Å². The van der Waals surface area contributed by atoms with E-state index in [9.17, 15) is 8.42 Å². The third-order valence-corrected chi connectivity index (χ3v) is 4.56. The van der Waals surface area contributed by atoms with Crippen LogP contribution in [0, 0.1) is 18.8 Å². The molecule has 1 aromatic carbocycles. The molecule has 1 rings (SSSR count). The van der Waals surface area contributed by atoms with Crippen molar-refractivity contribution in [1.29, 1.82) is 0 Å². The summed E-state index contributed by atoms with van der Waals surface area (Å²) in [5.41, 5.74) is 1.35. The molecule has 0 amide bonds. The van der Waals surface area contributed by atoms with Gasteiger partial charge in [-0.05, 0) is 24.6 Å². The number of rotatable bonds is 3. The molecule has 0 aliphatic heterocycles. The monoisotopic (exact) mass is 267 g/mol. The molecule has 0 bridgehead atoms. The van der Waals surface area contributed by atoms with Crippen molar-refractivity contribution in [1.82, 2.24) is 4.31 Å². The van der Waals surface area contributed by atoms with Gasteiger partial charge in [0, 0.05) is 19.2 Å². The molecule has 0 aliphatic carbocycles. The average Bonchev–Trinajstić information content (AvgIpc) is 2.34. The van der Waals surface area contributed by atoms with Gasteiger partial charge in [0.15, 0.2) is 0 Å². The molecule has 1 aromatic rings. The number of benzene rings is 1. The molecule has 0 fully saturated rings. The molecule has 0 heterocycles. The maximum atomic E-state index is 12.3.